The molecular weight excluding hydrogens is 388 g/mol. The Morgan fingerprint density at radius 1 is 1.34 bits per heavy atom. The first kappa shape index (κ1) is 18.3. The van der Waals surface area contributed by atoms with E-state index in [9.17, 15) is 9.90 Å². The fraction of sp³-hybridized carbons (Fsp3) is 0.381. The minimum atomic E-state index is -0.104. The largest absolute Gasteiger partial charge is 0.492 e. The topological polar surface area (TPSA) is 91.3 Å². The van der Waals surface area contributed by atoms with Gasteiger partial charge < -0.3 is 14.7 Å². The Morgan fingerprint density at radius 2 is 2.28 bits per heavy atom. The van der Waals surface area contributed by atoms with Crippen LogP contribution in [0.15, 0.2) is 30.6 Å². The number of carbonyl (C=O) groups is 1. The molecule has 2 aliphatic heterocycles. The first-order valence-corrected chi connectivity index (χ1v) is 10.7. The molecule has 2 aliphatic rings. The first-order chi connectivity index (χ1) is 14.2. The molecule has 0 aliphatic carbocycles. The maximum atomic E-state index is 13.1. The lowest BCUT2D eigenvalue weighted by molar-refractivity contribution is 0.0503. The predicted molar refractivity (Wildman–Crippen MR) is 110 cm³/mol. The van der Waals surface area contributed by atoms with E-state index in [2.05, 4.69) is 10.2 Å². The van der Waals surface area contributed by atoms with Crippen LogP contribution in [0.25, 0.3) is 22.4 Å². The monoisotopic (exact) mass is 410 g/mol. The highest BCUT2D eigenvalue weighted by molar-refractivity contribution is 7.14. The molecule has 5 rings (SSSR count). The van der Waals surface area contributed by atoms with E-state index in [1.165, 1.54) is 11.3 Å². The summed E-state index contributed by atoms with van der Waals surface area (Å²) >= 11 is 1.45. The van der Waals surface area contributed by atoms with E-state index in [0.29, 0.717) is 18.2 Å². The van der Waals surface area contributed by atoms with Crippen LogP contribution in [0.4, 0.5) is 0 Å². The summed E-state index contributed by atoms with van der Waals surface area (Å²) in [5.74, 6) is 0.706. The van der Waals surface area contributed by atoms with Gasteiger partial charge in [0, 0.05) is 35.2 Å². The number of benzene rings is 1. The summed E-state index contributed by atoms with van der Waals surface area (Å²) in [4.78, 5) is 20.7. The number of nitrogens with one attached hydrogen (secondary N) is 1. The Labute approximate surface area is 172 Å². The minimum Gasteiger partial charge on any atom is -0.492 e. The van der Waals surface area contributed by atoms with Crippen molar-refractivity contribution >= 4 is 17.2 Å². The molecule has 0 radical (unpaired) electrons. The number of carbonyl (C=O) groups excluding carboxylic acids is 1. The Hall–Kier alpha value is -2.71. The van der Waals surface area contributed by atoms with Gasteiger partial charge >= 0.3 is 0 Å². The van der Waals surface area contributed by atoms with Gasteiger partial charge in [0.05, 0.1) is 31.1 Å². The van der Waals surface area contributed by atoms with Crippen LogP contribution in [-0.2, 0) is 6.42 Å². The van der Waals surface area contributed by atoms with Crippen molar-refractivity contribution in [3.05, 3.63) is 40.5 Å². The maximum Gasteiger partial charge on any atom is 0.283 e. The standard InChI is InChI=1S/C21H22N4O3S/c26-12-15-3-1-2-7-25(15)21(27)20-24-19-16-5-4-13(14-10-22-23-11-14)9-17(16)28-8-6-18(19)29-20/h4-5,9-11,15,26H,1-3,6-8,12H2,(H,22,23)/t15-/m1/s1. The zero-order chi connectivity index (χ0) is 19.8. The normalized spacial score (nSPS) is 18.5. The molecule has 2 N–H and O–H groups in total. The SMILES string of the molecule is O=C(c1nc2c(s1)CCOc1cc(-c3cn[nH]c3)ccc1-2)N1CCCC[C@@H]1CO. The minimum absolute atomic E-state index is 0.00426. The molecule has 1 amide bonds. The number of amides is 1. The zero-order valence-corrected chi connectivity index (χ0v) is 16.7. The Morgan fingerprint density at radius 3 is 3.10 bits per heavy atom. The molecule has 2 aromatic heterocycles. The lowest BCUT2D eigenvalue weighted by Gasteiger charge is -2.33. The third-order valence-electron chi connectivity index (χ3n) is 5.63. The van der Waals surface area contributed by atoms with Crippen LogP contribution in [0.3, 0.4) is 0 Å². The number of fused-ring (bicyclic) bond motifs is 3. The van der Waals surface area contributed by atoms with Crippen LogP contribution in [0, 0.1) is 0 Å². The van der Waals surface area contributed by atoms with Gasteiger partial charge in [-0.15, -0.1) is 11.3 Å². The van der Waals surface area contributed by atoms with Gasteiger partial charge in [-0.25, -0.2) is 4.98 Å². The molecule has 0 bridgehead atoms. The molecule has 7 nitrogen and oxygen atoms in total. The Bertz CT molecular complexity index is 1030. The second-order valence-electron chi connectivity index (χ2n) is 7.42. The molecule has 8 heteroatoms. The van der Waals surface area contributed by atoms with Crippen molar-refractivity contribution in [3.8, 4) is 28.1 Å². The van der Waals surface area contributed by atoms with E-state index in [0.717, 1.165) is 58.7 Å². The molecule has 29 heavy (non-hydrogen) atoms. The second-order valence-corrected chi connectivity index (χ2v) is 8.50. The van der Waals surface area contributed by atoms with Crippen molar-refractivity contribution in [2.45, 2.75) is 31.7 Å². The number of ether oxygens (including phenoxy) is 1. The molecule has 0 spiro atoms. The van der Waals surface area contributed by atoms with E-state index in [1.807, 2.05) is 24.4 Å². The average molecular weight is 410 g/mol. The molecule has 3 aromatic rings. The van der Waals surface area contributed by atoms with E-state index >= 15 is 0 Å². The van der Waals surface area contributed by atoms with E-state index in [4.69, 9.17) is 9.72 Å². The first-order valence-electron chi connectivity index (χ1n) is 9.92. The summed E-state index contributed by atoms with van der Waals surface area (Å²) in [6.07, 6.45) is 7.22. The number of aliphatic hydroxyl groups is 1. The van der Waals surface area contributed by atoms with Crippen molar-refractivity contribution in [1.82, 2.24) is 20.1 Å². The number of nitrogens with zero attached hydrogens (tertiary/aromatic N) is 3. The number of rotatable bonds is 3. The molecule has 1 fully saturated rings. The van der Waals surface area contributed by atoms with Crippen LogP contribution < -0.4 is 4.74 Å². The van der Waals surface area contributed by atoms with Gasteiger partial charge in [-0.05, 0) is 37.0 Å². The number of piperidine rings is 1. The molecule has 1 aromatic carbocycles. The summed E-state index contributed by atoms with van der Waals surface area (Å²) in [5, 5.41) is 17.0. The fourth-order valence-corrected chi connectivity index (χ4v) is 5.10. The van der Waals surface area contributed by atoms with Gasteiger partial charge in [-0.3, -0.25) is 9.89 Å². The highest BCUT2D eigenvalue weighted by Crippen LogP contribution is 2.40. The fourth-order valence-electron chi connectivity index (χ4n) is 4.08. The van der Waals surface area contributed by atoms with E-state index in [1.54, 1.807) is 11.1 Å². The van der Waals surface area contributed by atoms with Gasteiger partial charge in [0.15, 0.2) is 5.01 Å². The smallest absolute Gasteiger partial charge is 0.283 e. The summed E-state index contributed by atoms with van der Waals surface area (Å²) in [5.41, 5.74) is 3.77. The number of likely N-dealkylation sites (tertiary alicyclic amines) is 1. The van der Waals surface area contributed by atoms with Crippen LogP contribution in [0.2, 0.25) is 0 Å². The molecule has 4 heterocycles. The Kier molecular flexibility index (Phi) is 4.81. The van der Waals surface area contributed by atoms with Crippen molar-refractivity contribution in [1.29, 1.82) is 0 Å². The predicted octanol–water partition coefficient (Wildman–Crippen LogP) is 3.12. The van der Waals surface area contributed by atoms with Gasteiger partial charge in [-0.2, -0.15) is 5.10 Å². The van der Waals surface area contributed by atoms with E-state index in [-0.39, 0.29) is 18.6 Å². The highest BCUT2D eigenvalue weighted by Gasteiger charge is 2.30. The zero-order valence-electron chi connectivity index (χ0n) is 15.9. The summed E-state index contributed by atoms with van der Waals surface area (Å²) in [6, 6.07) is 5.93. The molecular formula is C21H22N4O3S. The number of hydrogen-bond acceptors (Lipinski definition) is 6. The summed E-state index contributed by atoms with van der Waals surface area (Å²) in [7, 11) is 0. The number of aliphatic hydroxyl groups excluding tert-OH is 1. The number of aromatic nitrogens is 3. The maximum absolute atomic E-state index is 13.1. The van der Waals surface area contributed by atoms with Crippen molar-refractivity contribution in [2.24, 2.45) is 0 Å². The number of H-pyrrole nitrogens is 1. The second kappa shape index (κ2) is 7.61. The summed E-state index contributed by atoms with van der Waals surface area (Å²) < 4.78 is 5.99. The highest BCUT2D eigenvalue weighted by atomic mass is 32.1. The Balaban J connectivity index is 1.49. The van der Waals surface area contributed by atoms with Crippen LogP contribution in [-0.4, -0.2) is 56.9 Å². The van der Waals surface area contributed by atoms with Gasteiger partial charge in [0.25, 0.3) is 5.91 Å². The molecule has 0 saturated carbocycles. The van der Waals surface area contributed by atoms with Crippen molar-refractivity contribution < 1.29 is 14.6 Å². The quantitative estimate of drug-likeness (QED) is 0.692. The third kappa shape index (κ3) is 3.32. The van der Waals surface area contributed by atoms with Gasteiger partial charge in [-0.1, -0.05) is 6.07 Å². The van der Waals surface area contributed by atoms with Crippen molar-refractivity contribution in [2.75, 3.05) is 19.8 Å². The third-order valence-corrected chi connectivity index (χ3v) is 6.74. The van der Waals surface area contributed by atoms with Gasteiger partial charge in [0.2, 0.25) is 0 Å². The average Bonchev–Trinajstić information content (AvgIpc) is 3.41. The lowest BCUT2D eigenvalue weighted by atomic mass is 10.0. The molecule has 0 unspecified atom stereocenters. The summed E-state index contributed by atoms with van der Waals surface area (Å²) in [6.45, 7) is 1.24. The number of aromatic amines is 1. The van der Waals surface area contributed by atoms with Crippen LogP contribution in [0.1, 0.15) is 33.9 Å². The lowest BCUT2D eigenvalue weighted by Crippen LogP contribution is -2.45. The van der Waals surface area contributed by atoms with Crippen LogP contribution >= 0.6 is 11.3 Å². The van der Waals surface area contributed by atoms with E-state index < -0.39 is 0 Å². The van der Waals surface area contributed by atoms with Gasteiger partial charge in [0.1, 0.15) is 5.75 Å². The molecule has 1 atom stereocenters. The van der Waals surface area contributed by atoms with Crippen LogP contribution in [0.5, 0.6) is 5.75 Å². The number of thiazole rings is 1. The number of hydrogen-bond donors (Lipinski definition) is 2. The van der Waals surface area contributed by atoms with Crippen molar-refractivity contribution in [3.63, 3.8) is 0 Å². The molecule has 1 saturated heterocycles. The molecule has 150 valence electrons.